The van der Waals surface area contributed by atoms with E-state index in [0.717, 1.165) is 34.4 Å². The summed E-state index contributed by atoms with van der Waals surface area (Å²) in [5.41, 5.74) is 3.00. The predicted octanol–water partition coefficient (Wildman–Crippen LogP) is 3.96. The zero-order valence-corrected chi connectivity index (χ0v) is 16.8. The highest BCUT2D eigenvalue weighted by Gasteiger charge is 2.30. The Labute approximate surface area is 171 Å². The number of hydrogen-bond donors (Lipinski definition) is 0. The van der Waals surface area contributed by atoms with Gasteiger partial charge in [-0.05, 0) is 36.6 Å². The van der Waals surface area contributed by atoms with Crippen molar-refractivity contribution in [1.29, 1.82) is 0 Å². The molecule has 0 spiro atoms. The number of benzene rings is 3. The van der Waals surface area contributed by atoms with Crippen molar-refractivity contribution >= 4 is 21.9 Å². The molecule has 5 nitrogen and oxygen atoms in total. The van der Waals surface area contributed by atoms with Crippen LogP contribution < -0.4 is 4.31 Å². The summed E-state index contributed by atoms with van der Waals surface area (Å²) in [5.74, 6) is 0. The number of aryl methyl sites for hydroxylation is 1. The Morgan fingerprint density at radius 1 is 0.931 bits per heavy atom. The van der Waals surface area contributed by atoms with Crippen LogP contribution in [0.25, 0.3) is 0 Å². The lowest BCUT2D eigenvalue weighted by atomic mass is 10.0. The van der Waals surface area contributed by atoms with E-state index in [1.165, 1.54) is 10.5 Å². The van der Waals surface area contributed by atoms with Gasteiger partial charge in [0.25, 0.3) is 10.0 Å². The maximum atomic E-state index is 13.5. The van der Waals surface area contributed by atoms with Crippen LogP contribution in [0.5, 0.6) is 0 Å². The molecule has 0 N–H and O–H groups in total. The van der Waals surface area contributed by atoms with Crippen molar-refractivity contribution in [3.63, 3.8) is 0 Å². The van der Waals surface area contributed by atoms with Crippen molar-refractivity contribution in [2.75, 3.05) is 10.8 Å². The number of hydrogen-bond acceptors (Lipinski definition) is 3. The van der Waals surface area contributed by atoms with Crippen LogP contribution >= 0.6 is 0 Å². The monoisotopic (exact) mass is 406 g/mol. The van der Waals surface area contributed by atoms with Crippen LogP contribution in [0.3, 0.4) is 0 Å². The van der Waals surface area contributed by atoms with E-state index in [4.69, 9.17) is 0 Å². The SMILES string of the molecule is O=S(=O)(c1ccccc1C=[N+]([O-])Cc1ccccc1)N1CCCc2ccccc21. The molecule has 4 rings (SSSR count). The van der Waals surface area contributed by atoms with Gasteiger partial charge in [-0.3, -0.25) is 4.31 Å². The van der Waals surface area contributed by atoms with Gasteiger partial charge in [-0.1, -0.05) is 60.7 Å². The summed E-state index contributed by atoms with van der Waals surface area (Å²) in [6.07, 6.45) is 2.99. The minimum atomic E-state index is -3.79. The van der Waals surface area contributed by atoms with Crippen LogP contribution in [0.1, 0.15) is 23.1 Å². The average Bonchev–Trinajstić information content (AvgIpc) is 2.74. The molecule has 0 aromatic heterocycles. The van der Waals surface area contributed by atoms with Crippen molar-refractivity contribution < 1.29 is 13.2 Å². The molecule has 3 aromatic rings. The summed E-state index contributed by atoms with van der Waals surface area (Å²) in [5, 5.41) is 12.5. The lowest BCUT2D eigenvalue weighted by molar-refractivity contribution is -0.469. The van der Waals surface area contributed by atoms with E-state index in [1.54, 1.807) is 24.3 Å². The average molecular weight is 407 g/mol. The van der Waals surface area contributed by atoms with Gasteiger partial charge in [0.05, 0.1) is 11.3 Å². The van der Waals surface area contributed by atoms with Crippen LogP contribution in [0.15, 0.2) is 83.8 Å². The molecule has 0 fully saturated rings. The normalized spacial score (nSPS) is 14.5. The Balaban J connectivity index is 1.71. The first-order valence-electron chi connectivity index (χ1n) is 9.58. The van der Waals surface area contributed by atoms with E-state index >= 15 is 0 Å². The molecule has 0 radical (unpaired) electrons. The Kier molecular flexibility index (Phi) is 5.36. The van der Waals surface area contributed by atoms with Gasteiger partial charge in [0.1, 0.15) is 4.90 Å². The van der Waals surface area contributed by atoms with Crippen molar-refractivity contribution in [3.8, 4) is 0 Å². The van der Waals surface area contributed by atoms with Crippen LogP contribution in [-0.2, 0) is 23.0 Å². The summed E-state index contributed by atoms with van der Waals surface area (Å²) >= 11 is 0. The van der Waals surface area contributed by atoms with Crippen molar-refractivity contribution in [1.82, 2.24) is 0 Å². The highest BCUT2D eigenvalue weighted by Crippen LogP contribution is 2.32. The van der Waals surface area contributed by atoms with Gasteiger partial charge in [0.2, 0.25) is 0 Å². The third kappa shape index (κ3) is 4.03. The van der Waals surface area contributed by atoms with E-state index in [-0.39, 0.29) is 11.4 Å². The highest BCUT2D eigenvalue weighted by atomic mass is 32.2. The van der Waals surface area contributed by atoms with Gasteiger partial charge in [0.15, 0.2) is 12.8 Å². The van der Waals surface area contributed by atoms with Gasteiger partial charge in [-0.25, -0.2) is 13.2 Å². The second kappa shape index (κ2) is 8.09. The van der Waals surface area contributed by atoms with Gasteiger partial charge >= 0.3 is 0 Å². The lowest BCUT2D eigenvalue weighted by Crippen LogP contribution is -2.36. The first kappa shape index (κ1) is 19.2. The highest BCUT2D eigenvalue weighted by molar-refractivity contribution is 7.93. The number of rotatable bonds is 5. The molecule has 0 saturated heterocycles. The molecule has 148 valence electrons. The molecule has 6 heteroatoms. The van der Waals surface area contributed by atoms with E-state index in [1.807, 2.05) is 54.6 Å². The maximum absolute atomic E-state index is 13.5. The standard InChI is InChI=1S/C23H22N2O3S/c26-24(17-19-9-2-1-3-10-19)18-21-12-5-7-15-23(21)29(27,28)25-16-8-13-20-11-4-6-14-22(20)25/h1-7,9-12,14-15,18H,8,13,16-17H2. The molecule has 0 amide bonds. The second-order valence-electron chi connectivity index (χ2n) is 7.04. The summed E-state index contributed by atoms with van der Waals surface area (Å²) in [6.45, 7) is 0.584. The van der Waals surface area contributed by atoms with Crippen molar-refractivity contribution in [2.24, 2.45) is 0 Å². The minimum Gasteiger partial charge on any atom is -0.624 e. The number of nitrogens with zero attached hydrogens (tertiary/aromatic N) is 2. The Morgan fingerprint density at radius 2 is 1.62 bits per heavy atom. The summed E-state index contributed by atoms with van der Waals surface area (Å²) in [6, 6.07) is 23.6. The van der Waals surface area contributed by atoms with Gasteiger partial charge in [0, 0.05) is 12.1 Å². The smallest absolute Gasteiger partial charge is 0.265 e. The number of hydroxylamine groups is 1. The Bertz CT molecular complexity index is 1140. The second-order valence-corrected chi connectivity index (χ2v) is 8.87. The molecule has 1 heterocycles. The molecule has 29 heavy (non-hydrogen) atoms. The van der Waals surface area contributed by atoms with Crippen LogP contribution in [0, 0.1) is 5.21 Å². The molecule has 0 atom stereocenters. The van der Waals surface area contributed by atoms with Gasteiger partial charge < -0.3 is 5.21 Å². The Hall–Kier alpha value is -3.12. The van der Waals surface area contributed by atoms with Gasteiger partial charge in [-0.15, -0.1) is 0 Å². The van der Waals surface area contributed by atoms with E-state index in [9.17, 15) is 13.6 Å². The fourth-order valence-electron chi connectivity index (χ4n) is 3.65. The summed E-state index contributed by atoms with van der Waals surface area (Å²) in [4.78, 5) is 0.144. The quantitative estimate of drug-likeness (QED) is 0.279. The maximum Gasteiger partial charge on any atom is 0.265 e. The molecule has 1 aliphatic rings. The molecule has 0 aliphatic carbocycles. The third-order valence-corrected chi connectivity index (χ3v) is 6.91. The molecule has 0 saturated carbocycles. The zero-order valence-electron chi connectivity index (χ0n) is 15.9. The Morgan fingerprint density at radius 3 is 2.45 bits per heavy atom. The number of anilines is 1. The van der Waals surface area contributed by atoms with Gasteiger partial charge in [-0.2, -0.15) is 0 Å². The van der Waals surface area contributed by atoms with Crippen LogP contribution in [0.2, 0.25) is 0 Å². The van der Waals surface area contributed by atoms with Crippen LogP contribution in [0.4, 0.5) is 5.69 Å². The predicted molar refractivity (Wildman–Crippen MR) is 115 cm³/mol. The first-order valence-corrected chi connectivity index (χ1v) is 11.0. The number of para-hydroxylation sites is 1. The third-order valence-electron chi connectivity index (χ3n) is 5.02. The summed E-state index contributed by atoms with van der Waals surface area (Å²) in [7, 11) is -3.79. The van der Waals surface area contributed by atoms with E-state index in [2.05, 4.69) is 0 Å². The molecule has 0 bridgehead atoms. The van der Waals surface area contributed by atoms with Crippen molar-refractivity contribution in [3.05, 3.63) is 101 Å². The number of fused-ring (bicyclic) bond motifs is 1. The minimum absolute atomic E-state index is 0.144. The van der Waals surface area contributed by atoms with Crippen molar-refractivity contribution in [2.45, 2.75) is 24.3 Å². The first-order chi connectivity index (χ1) is 14.1. The van der Waals surface area contributed by atoms with Crippen LogP contribution in [-0.4, -0.2) is 25.9 Å². The molecular weight excluding hydrogens is 384 g/mol. The summed E-state index contributed by atoms with van der Waals surface area (Å²) < 4.78 is 29.2. The largest absolute Gasteiger partial charge is 0.624 e. The molecular formula is C23H22N2O3S. The molecule has 1 aliphatic heterocycles. The van der Waals surface area contributed by atoms with E-state index < -0.39 is 10.0 Å². The fourth-order valence-corrected chi connectivity index (χ4v) is 5.37. The topological polar surface area (TPSA) is 63.4 Å². The fraction of sp³-hybridized carbons (Fsp3) is 0.174. The van der Waals surface area contributed by atoms with E-state index in [0.29, 0.717) is 12.1 Å². The lowest BCUT2D eigenvalue weighted by Gasteiger charge is -2.30. The number of sulfonamides is 1. The molecule has 3 aromatic carbocycles. The zero-order chi connectivity index (χ0) is 20.3. The molecule has 0 unspecified atom stereocenters.